The highest BCUT2D eigenvalue weighted by atomic mass is 19.4. The molecule has 24 heavy (non-hydrogen) atoms. The first-order valence-electron chi connectivity index (χ1n) is 7.25. The monoisotopic (exact) mass is 342 g/mol. The molecule has 130 valence electrons. The van der Waals surface area contributed by atoms with Gasteiger partial charge >= 0.3 is 6.18 Å². The molecule has 0 aliphatic heterocycles. The van der Waals surface area contributed by atoms with Gasteiger partial charge in [0, 0.05) is 18.7 Å². The Morgan fingerprint density at radius 1 is 1.12 bits per heavy atom. The molecule has 2 aromatic rings. The summed E-state index contributed by atoms with van der Waals surface area (Å²) in [5, 5.41) is 2.60. The maximum absolute atomic E-state index is 12.5. The van der Waals surface area contributed by atoms with Gasteiger partial charge in [-0.05, 0) is 24.3 Å². The zero-order valence-corrected chi connectivity index (χ0v) is 12.7. The van der Waals surface area contributed by atoms with Gasteiger partial charge in [-0.1, -0.05) is 12.1 Å². The Hall–Kier alpha value is -2.32. The maximum Gasteiger partial charge on any atom is 0.416 e. The van der Waals surface area contributed by atoms with E-state index in [0.29, 0.717) is 37.6 Å². The van der Waals surface area contributed by atoms with Gasteiger partial charge < -0.3 is 20.2 Å². The number of ether oxygens (including phenoxy) is 1. The van der Waals surface area contributed by atoms with Crippen LogP contribution in [-0.4, -0.2) is 32.2 Å². The highest BCUT2D eigenvalue weighted by Crippen LogP contribution is 2.31. The number of furan rings is 1. The molecule has 3 N–H and O–H groups in total. The van der Waals surface area contributed by atoms with Crippen LogP contribution in [0.3, 0.4) is 0 Å². The molecule has 5 nitrogen and oxygen atoms in total. The second kappa shape index (κ2) is 7.98. The fourth-order valence-electron chi connectivity index (χ4n) is 1.95. The van der Waals surface area contributed by atoms with E-state index < -0.39 is 17.6 Å². The predicted molar refractivity (Wildman–Crippen MR) is 81.4 cm³/mol. The smallest absolute Gasteiger partial charge is 0.416 e. The van der Waals surface area contributed by atoms with Gasteiger partial charge in [0.2, 0.25) is 0 Å². The Labute approximate surface area is 136 Å². The van der Waals surface area contributed by atoms with Crippen molar-refractivity contribution in [1.29, 1.82) is 0 Å². The molecule has 0 saturated heterocycles. The van der Waals surface area contributed by atoms with Crippen LogP contribution in [0.2, 0.25) is 0 Å². The van der Waals surface area contributed by atoms with Crippen molar-refractivity contribution in [3.63, 3.8) is 0 Å². The van der Waals surface area contributed by atoms with Crippen molar-refractivity contribution in [3.8, 4) is 11.3 Å². The SMILES string of the molecule is NCCOCCNC(=O)c1ccc(-c2ccc(C(F)(F)F)cc2)o1. The van der Waals surface area contributed by atoms with Gasteiger partial charge in [-0.2, -0.15) is 13.2 Å². The molecule has 0 unspecified atom stereocenters. The highest BCUT2D eigenvalue weighted by Gasteiger charge is 2.30. The van der Waals surface area contributed by atoms with Crippen LogP contribution in [0.1, 0.15) is 16.1 Å². The summed E-state index contributed by atoms with van der Waals surface area (Å²) >= 11 is 0. The van der Waals surface area contributed by atoms with Crippen LogP contribution in [-0.2, 0) is 10.9 Å². The lowest BCUT2D eigenvalue weighted by atomic mass is 10.1. The van der Waals surface area contributed by atoms with Gasteiger partial charge in [-0.15, -0.1) is 0 Å². The van der Waals surface area contributed by atoms with Crippen LogP contribution in [0.15, 0.2) is 40.8 Å². The van der Waals surface area contributed by atoms with Gasteiger partial charge in [0.15, 0.2) is 5.76 Å². The first-order chi connectivity index (χ1) is 11.4. The van der Waals surface area contributed by atoms with E-state index in [0.717, 1.165) is 12.1 Å². The summed E-state index contributed by atoms with van der Waals surface area (Å²) in [6.45, 7) is 1.45. The van der Waals surface area contributed by atoms with Crippen LogP contribution in [0.4, 0.5) is 13.2 Å². The number of alkyl halides is 3. The second-order valence-electron chi connectivity index (χ2n) is 4.90. The predicted octanol–water partition coefficient (Wildman–Crippen LogP) is 2.67. The molecule has 0 radical (unpaired) electrons. The van der Waals surface area contributed by atoms with Crippen molar-refractivity contribution in [2.75, 3.05) is 26.3 Å². The minimum absolute atomic E-state index is 0.0729. The summed E-state index contributed by atoms with van der Waals surface area (Å²) in [6, 6.07) is 7.51. The summed E-state index contributed by atoms with van der Waals surface area (Å²) in [6.07, 6.45) is -4.39. The first kappa shape index (κ1) is 18.0. The molecule has 1 aromatic heterocycles. The molecule has 0 aliphatic carbocycles. The number of nitrogens with one attached hydrogen (secondary N) is 1. The standard InChI is InChI=1S/C16H17F3N2O3/c17-16(18,19)12-3-1-11(2-4-12)13-5-6-14(24-13)15(22)21-8-10-23-9-7-20/h1-6H,7-10,20H2,(H,21,22). The molecule has 0 bridgehead atoms. The molecule has 2 rings (SSSR count). The number of rotatable bonds is 7. The topological polar surface area (TPSA) is 77.5 Å². The molecular weight excluding hydrogens is 325 g/mol. The van der Waals surface area contributed by atoms with E-state index in [2.05, 4.69) is 5.32 Å². The summed E-state index contributed by atoms with van der Waals surface area (Å²) in [7, 11) is 0. The molecule has 8 heteroatoms. The molecule has 1 amide bonds. The zero-order valence-electron chi connectivity index (χ0n) is 12.7. The van der Waals surface area contributed by atoms with E-state index in [-0.39, 0.29) is 5.76 Å². The summed E-state index contributed by atoms with van der Waals surface area (Å²) in [5.74, 6) is -0.0403. The Morgan fingerprint density at radius 2 is 1.83 bits per heavy atom. The maximum atomic E-state index is 12.5. The summed E-state index contributed by atoms with van der Waals surface area (Å²) in [4.78, 5) is 11.9. The Kier molecular flexibility index (Phi) is 5.99. The van der Waals surface area contributed by atoms with Crippen molar-refractivity contribution < 1.29 is 27.1 Å². The van der Waals surface area contributed by atoms with Gasteiger partial charge in [0.05, 0.1) is 18.8 Å². The zero-order chi connectivity index (χ0) is 17.6. The Balaban J connectivity index is 1.96. The van der Waals surface area contributed by atoms with E-state index in [4.69, 9.17) is 14.9 Å². The fraction of sp³-hybridized carbons (Fsp3) is 0.312. The highest BCUT2D eigenvalue weighted by molar-refractivity contribution is 5.92. The number of hydrogen-bond acceptors (Lipinski definition) is 4. The minimum Gasteiger partial charge on any atom is -0.451 e. The minimum atomic E-state index is -4.39. The van der Waals surface area contributed by atoms with Crippen molar-refractivity contribution in [2.24, 2.45) is 5.73 Å². The lowest BCUT2D eigenvalue weighted by Gasteiger charge is -2.06. The van der Waals surface area contributed by atoms with E-state index >= 15 is 0 Å². The van der Waals surface area contributed by atoms with E-state index in [1.165, 1.54) is 24.3 Å². The number of nitrogens with two attached hydrogens (primary N) is 1. The van der Waals surface area contributed by atoms with E-state index in [1.807, 2.05) is 0 Å². The van der Waals surface area contributed by atoms with Crippen LogP contribution in [0.5, 0.6) is 0 Å². The van der Waals surface area contributed by atoms with Crippen LogP contribution < -0.4 is 11.1 Å². The third-order valence-corrected chi connectivity index (χ3v) is 3.12. The molecule has 0 spiro atoms. The van der Waals surface area contributed by atoms with Crippen molar-refractivity contribution >= 4 is 5.91 Å². The molecule has 0 atom stereocenters. The number of carbonyl (C=O) groups excluding carboxylic acids is 1. The molecule has 1 heterocycles. The molecular formula is C16H17F3N2O3. The van der Waals surface area contributed by atoms with Gasteiger partial charge in [-0.25, -0.2) is 0 Å². The number of amides is 1. The first-order valence-corrected chi connectivity index (χ1v) is 7.25. The summed E-state index contributed by atoms with van der Waals surface area (Å²) < 4.78 is 48.1. The van der Waals surface area contributed by atoms with Gasteiger partial charge in [0.1, 0.15) is 5.76 Å². The van der Waals surface area contributed by atoms with Crippen LogP contribution >= 0.6 is 0 Å². The summed E-state index contributed by atoms with van der Waals surface area (Å²) in [5.41, 5.74) is 4.97. The Morgan fingerprint density at radius 3 is 2.46 bits per heavy atom. The average molecular weight is 342 g/mol. The molecule has 0 aliphatic rings. The lowest BCUT2D eigenvalue weighted by Crippen LogP contribution is -2.27. The lowest BCUT2D eigenvalue weighted by molar-refractivity contribution is -0.137. The van der Waals surface area contributed by atoms with Crippen molar-refractivity contribution in [2.45, 2.75) is 6.18 Å². The molecule has 0 fully saturated rings. The number of benzene rings is 1. The van der Waals surface area contributed by atoms with Crippen molar-refractivity contribution in [1.82, 2.24) is 5.32 Å². The quantitative estimate of drug-likeness (QED) is 0.759. The third kappa shape index (κ3) is 4.84. The van der Waals surface area contributed by atoms with Crippen molar-refractivity contribution in [3.05, 3.63) is 47.7 Å². The normalized spacial score (nSPS) is 11.5. The largest absolute Gasteiger partial charge is 0.451 e. The average Bonchev–Trinajstić information content (AvgIpc) is 3.04. The second-order valence-corrected chi connectivity index (χ2v) is 4.90. The van der Waals surface area contributed by atoms with E-state index in [9.17, 15) is 18.0 Å². The van der Waals surface area contributed by atoms with E-state index in [1.54, 1.807) is 0 Å². The number of hydrogen-bond donors (Lipinski definition) is 2. The van der Waals surface area contributed by atoms with Crippen LogP contribution in [0.25, 0.3) is 11.3 Å². The number of carbonyl (C=O) groups is 1. The fourth-order valence-corrected chi connectivity index (χ4v) is 1.95. The van der Waals surface area contributed by atoms with Crippen LogP contribution in [0, 0.1) is 0 Å². The molecule has 1 aromatic carbocycles. The molecule has 0 saturated carbocycles. The van der Waals surface area contributed by atoms with Gasteiger partial charge in [-0.3, -0.25) is 4.79 Å². The van der Waals surface area contributed by atoms with Gasteiger partial charge in [0.25, 0.3) is 5.91 Å². The number of halogens is 3. The Bertz CT molecular complexity index is 666. The third-order valence-electron chi connectivity index (χ3n) is 3.12.